The van der Waals surface area contributed by atoms with Gasteiger partial charge in [0.25, 0.3) is 5.91 Å². The monoisotopic (exact) mass is 359 g/mol. The molecule has 2 aliphatic rings. The molecule has 1 aromatic rings. The first-order chi connectivity index (χ1) is 12.8. The van der Waals surface area contributed by atoms with Crippen LogP contribution in [0.15, 0.2) is 24.3 Å². The zero-order valence-corrected chi connectivity index (χ0v) is 15.8. The predicted octanol–water partition coefficient (Wildman–Crippen LogP) is 2.25. The van der Waals surface area contributed by atoms with Crippen LogP contribution in [0.2, 0.25) is 0 Å². The minimum atomic E-state index is -0.00733. The van der Waals surface area contributed by atoms with Crippen molar-refractivity contribution in [3.63, 3.8) is 0 Å². The quantitative estimate of drug-likeness (QED) is 0.784. The van der Waals surface area contributed by atoms with Gasteiger partial charge >= 0.3 is 0 Å². The largest absolute Gasteiger partial charge is 0.395 e. The first-order valence-corrected chi connectivity index (χ1v) is 10.2. The van der Waals surface area contributed by atoms with E-state index < -0.39 is 0 Å². The lowest BCUT2D eigenvalue weighted by molar-refractivity contribution is 0.0849. The fourth-order valence-corrected chi connectivity index (χ4v) is 4.11. The van der Waals surface area contributed by atoms with E-state index in [9.17, 15) is 9.90 Å². The predicted molar refractivity (Wildman–Crippen MR) is 104 cm³/mol. The molecule has 1 amide bonds. The molecule has 1 atom stereocenters. The maximum atomic E-state index is 12.3. The van der Waals surface area contributed by atoms with Crippen molar-refractivity contribution < 1.29 is 9.90 Å². The van der Waals surface area contributed by atoms with E-state index in [-0.39, 0.29) is 18.6 Å². The van der Waals surface area contributed by atoms with Crippen LogP contribution in [0.5, 0.6) is 0 Å². The maximum Gasteiger partial charge on any atom is 0.251 e. The van der Waals surface area contributed by atoms with Gasteiger partial charge in [-0.3, -0.25) is 14.6 Å². The molecule has 2 fully saturated rings. The van der Waals surface area contributed by atoms with Crippen LogP contribution in [0.4, 0.5) is 0 Å². The Morgan fingerprint density at radius 2 is 1.77 bits per heavy atom. The van der Waals surface area contributed by atoms with Gasteiger partial charge in [0, 0.05) is 31.2 Å². The zero-order valence-electron chi connectivity index (χ0n) is 15.8. The normalized spacial score (nSPS) is 22.3. The number of likely N-dealkylation sites (tertiary alicyclic amines) is 2. The highest BCUT2D eigenvalue weighted by Crippen LogP contribution is 2.16. The van der Waals surface area contributed by atoms with Crippen molar-refractivity contribution in [1.82, 2.24) is 15.1 Å². The number of hydrogen-bond acceptors (Lipinski definition) is 4. The Kier molecular flexibility index (Phi) is 7.47. The van der Waals surface area contributed by atoms with Gasteiger partial charge in [-0.25, -0.2) is 0 Å². The van der Waals surface area contributed by atoms with Gasteiger partial charge in [-0.1, -0.05) is 25.0 Å². The topological polar surface area (TPSA) is 55.8 Å². The number of aliphatic hydroxyl groups excluding tert-OH is 1. The molecule has 2 heterocycles. The van der Waals surface area contributed by atoms with Gasteiger partial charge in [-0.2, -0.15) is 0 Å². The number of amides is 1. The molecule has 3 rings (SSSR count). The molecule has 0 aromatic heterocycles. The van der Waals surface area contributed by atoms with E-state index in [1.165, 1.54) is 50.8 Å². The number of aliphatic hydroxyl groups is 1. The summed E-state index contributed by atoms with van der Waals surface area (Å²) in [7, 11) is 0. The summed E-state index contributed by atoms with van der Waals surface area (Å²) in [6, 6.07) is 8.29. The van der Waals surface area contributed by atoms with Crippen molar-refractivity contribution >= 4 is 5.91 Å². The van der Waals surface area contributed by atoms with Crippen LogP contribution in [0, 0.1) is 0 Å². The Morgan fingerprint density at radius 3 is 2.50 bits per heavy atom. The molecule has 2 aliphatic heterocycles. The molecule has 0 bridgehead atoms. The SMILES string of the molecule is O=C(NCCN1CCCC[C@H]1CO)c1ccc(CN2CCCCC2)cc1. The molecular weight excluding hydrogens is 326 g/mol. The molecule has 0 spiro atoms. The molecule has 0 saturated carbocycles. The number of benzene rings is 1. The van der Waals surface area contributed by atoms with Crippen molar-refractivity contribution in [2.45, 2.75) is 51.1 Å². The Hall–Kier alpha value is -1.43. The highest BCUT2D eigenvalue weighted by atomic mass is 16.3. The second-order valence-corrected chi connectivity index (χ2v) is 7.66. The average molecular weight is 360 g/mol. The molecule has 144 valence electrons. The number of carbonyl (C=O) groups excluding carboxylic acids is 1. The Bertz CT molecular complexity index is 555. The third-order valence-electron chi connectivity index (χ3n) is 5.72. The third kappa shape index (κ3) is 5.53. The first kappa shape index (κ1) is 19.3. The first-order valence-electron chi connectivity index (χ1n) is 10.2. The van der Waals surface area contributed by atoms with Crippen LogP contribution in [0.25, 0.3) is 0 Å². The van der Waals surface area contributed by atoms with Crippen LogP contribution >= 0.6 is 0 Å². The number of rotatable bonds is 7. The van der Waals surface area contributed by atoms with Crippen molar-refractivity contribution in [1.29, 1.82) is 0 Å². The Balaban J connectivity index is 1.42. The van der Waals surface area contributed by atoms with Crippen molar-refractivity contribution in [2.75, 3.05) is 39.3 Å². The van der Waals surface area contributed by atoms with Crippen LogP contribution in [-0.2, 0) is 6.54 Å². The zero-order chi connectivity index (χ0) is 18.2. The van der Waals surface area contributed by atoms with Gasteiger partial charge in [-0.05, 0) is 63.0 Å². The molecule has 2 N–H and O–H groups in total. The van der Waals surface area contributed by atoms with E-state index in [4.69, 9.17) is 0 Å². The molecule has 5 nitrogen and oxygen atoms in total. The van der Waals surface area contributed by atoms with E-state index in [2.05, 4.69) is 27.2 Å². The lowest BCUT2D eigenvalue weighted by Crippen LogP contribution is -2.45. The molecule has 0 aliphatic carbocycles. The van der Waals surface area contributed by atoms with Gasteiger partial charge in [0.1, 0.15) is 0 Å². The van der Waals surface area contributed by atoms with Crippen LogP contribution in [0.3, 0.4) is 0 Å². The molecule has 26 heavy (non-hydrogen) atoms. The van der Waals surface area contributed by atoms with Crippen molar-refractivity contribution in [3.05, 3.63) is 35.4 Å². The summed E-state index contributed by atoms with van der Waals surface area (Å²) < 4.78 is 0. The van der Waals surface area contributed by atoms with Crippen molar-refractivity contribution in [2.24, 2.45) is 0 Å². The van der Waals surface area contributed by atoms with Gasteiger partial charge in [0.05, 0.1) is 6.61 Å². The summed E-state index contributed by atoms with van der Waals surface area (Å²) in [6.07, 6.45) is 7.39. The number of nitrogens with zero attached hydrogens (tertiary/aromatic N) is 2. The minimum absolute atomic E-state index is 0.00733. The van der Waals surface area contributed by atoms with E-state index >= 15 is 0 Å². The molecule has 1 aromatic carbocycles. The van der Waals surface area contributed by atoms with E-state index in [0.29, 0.717) is 6.54 Å². The number of piperidine rings is 2. The van der Waals surface area contributed by atoms with E-state index in [1.807, 2.05) is 12.1 Å². The fourth-order valence-electron chi connectivity index (χ4n) is 4.11. The fraction of sp³-hybridized carbons (Fsp3) is 0.667. The smallest absolute Gasteiger partial charge is 0.251 e. The highest BCUT2D eigenvalue weighted by Gasteiger charge is 2.21. The highest BCUT2D eigenvalue weighted by molar-refractivity contribution is 5.94. The third-order valence-corrected chi connectivity index (χ3v) is 5.72. The lowest BCUT2D eigenvalue weighted by atomic mass is 10.0. The average Bonchev–Trinajstić information content (AvgIpc) is 2.69. The summed E-state index contributed by atoms with van der Waals surface area (Å²) in [4.78, 5) is 17.1. The summed E-state index contributed by atoms with van der Waals surface area (Å²) in [5, 5.41) is 12.5. The molecule has 0 radical (unpaired) electrons. The summed E-state index contributed by atoms with van der Waals surface area (Å²) in [5.74, 6) is -0.00733. The van der Waals surface area contributed by atoms with Gasteiger partial charge in [0.15, 0.2) is 0 Å². The second-order valence-electron chi connectivity index (χ2n) is 7.66. The number of carbonyl (C=O) groups is 1. The molecular formula is C21H33N3O2. The number of hydrogen-bond donors (Lipinski definition) is 2. The van der Waals surface area contributed by atoms with Gasteiger partial charge < -0.3 is 10.4 Å². The molecule has 5 heteroatoms. The minimum Gasteiger partial charge on any atom is -0.395 e. The van der Waals surface area contributed by atoms with E-state index in [0.717, 1.165) is 31.6 Å². The number of nitrogens with one attached hydrogen (secondary N) is 1. The summed E-state index contributed by atoms with van der Waals surface area (Å²) in [5.41, 5.74) is 2.01. The molecule has 0 unspecified atom stereocenters. The van der Waals surface area contributed by atoms with Gasteiger partial charge in [0.2, 0.25) is 0 Å². The van der Waals surface area contributed by atoms with Crippen LogP contribution < -0.4 is 5.32 Å². The van der Waals surface area contributed by atoms with E-state index in [1.54, 1.807) is 0 Å². The van der Waals surface area contributed by atoms with Crippen LogP contribution in [0.1, 0.15) is 54.4 Å². The second kappa shape index (κ2) is 10.0. The molecule has 2 saturated heterocycles. The standard InChI is InChI=1S/C21H33N3O2/c25-17-20-6-2-5-14-24(20)15-11-22-21(26)19-9-7-18(8-10-19)16-23-12-3-1-4-13-23/h7-10,20,25H,1-6,11-17H2,(H,22,26)/t20-/m0/s1. The summed E-state index contributed by atoms with van der Waals surface area (Å²) in [6.45, 7) is 6.04. The lowest BCUT2D eigenvalue weighted by Gasteiger charge is -2.34. The van der Waals surface area contributed by atoms with Crippen LogP contribution in [-0.4, -0.2) is 66.2 Å². The maximum absolute atomic E-state index is 12.3. The summed E-state index contributed by atoms with van der Waals surface area (Å²) >= 11 is 0. The Morgan fingerprint density at radius 1 is 1.04 bits per heavy atom. The Labute approximate surface area is 157 Å². The van der Waals surface area contributed by atoms with Crippen molar-refractivity contribution in [3.8, 4) is 0 Å². The van der Waals surface area contributed by atoms with Gasteiger partial charge in [-0.15, -0.1) is 0 Å².